The lowest BCUT2D eigenvalue weighted by Gasteiger charge is -2.11. The van der Waals surface area contributed by atoms with Gasteiger partial charge >= 0.3 is 0 Å². The first kappa shape index (κ1) is 14.3. The Labute approximate surface area is 120 Å². The van der Waals surface area contributed by atoms with Gasteiger partial charge in [-0.15, -0.1) is 0 Å². The number of carbonyl (C=O) groups excluding carboxylic acids is 1. The van der Waals surface area contributed by atoms with E-state index in [-0.39, 0.29) is 16.7 Å². The molecule has 0 aliphatic heterocycles. The van der Waals surface area contributed by atoms with Crippen LogP contribution in [0.2, 0.25) is 0 Å². The average Bonchev–Trinajstić information content (AvgIpc) is 2.41. The number of H-pyrrole nitrogens is 1. The number of amides is 1. The van der Waals surface area contributed by atoms with E-state index in [2.05, 4.69) is 15.3 Å². The summed E-state index contributed by atoms with van der Waals surface area (Å²) in [5, 5.41) is 2.90. The Morgan fingerprint density at radius 3 is 2.65 bits per heavy atom. The number of benzene rings is 1. The maximum absolute atomic E-state index is 12.0. The second-order valence-corrected chi connectivity index (χ2v) is 5.68. The van der Waals surface area contributed by atoms with Crippen molar-refractivity contribution < 1.29 is 4.79 Å². The van der Waals surface area contributed by atoms with Crippen molar-refractivity contribution in [2.24, 2.45) is 0 Å². The number of aromatic nitrogens is 2. The summed E-state index contributed by atoms with van der Waals surface area (Å²) >= 11 is 1.21. The molecular formula is C14H15N3O2S. The highest BCUT2D eigenvalue weighted by molar-refractivity contribution is 8.00. The predicted octanol–water partition coefficient (Wildman–Crippen LogP) is 2.20. The summed E-state index contributed by atoms with van der Waals surface area (Å²) in [6.45, 7) is 3.75. The third kappa shape index (κ3) is 3.96. The molecule has 1 aromatic heterocycles. The van der Waals surface area contributed by atoms with Gasteiger partial charge in [0.15, 0.2) is 5.16 Å². The van der Waals surface area contributed by atoms with E-state index in [4.69, 9.17) is 0 Å². The van der Waals surface area contributed by atoms with Gasteiger partial charge in [0.2, 0.25) is 5.91 Å². The highest BCUT2D eigenvalue weighted by atomic mass is 32.2. The molecule has 104 valence electrons. The van der Waals surface area contributed by atoms with Crippen LogP contribution in [0.4, 0.5) is 5.69 Å². The van der Waals surface area contributed by atoms with Crippen molar-refractivity contribution >= 4 is 23.4 Å². The molecule has 0 aliphatic carbocycles. The van der Waals surface area contributed by atoms with Gasteiger partial charge in [0, 0.05) is 18.0 Å². The minimum Gasteiger partial charge on any atom is -0.325 e. The monoisotopic (exact) mass is 289 g/mol. The summed E-state index contributed by atoms with van der Waals surface area (Å²) in [5.41, 5.74) is 1.66. The Balaban J connectivity index is 1.98. The summed E-state index contributed by atoms with van der Waals surface area (Å²) in [6.07, 6.45) is 1.42. The van der Waals surface area contributed by atoms with Crippen LogP contribution in [0.5, 0.6) is 0 Å². The molecule has 2 rings (SSSR count). The number of aromatic amines is 1. The normalized spacial score (nSPS) is 11.9. The first-order valence-electron chi connectivity index (χ1n) is 6.14. The fourth-order valence-electron chi connectivity index (χ4n) is 1.51. The Morgan fingerprint density at radius 1 is 1.30 bits per heavy atom. The number of nitrogens with one attached hydrogen (secondary N) is 2. The van der Waals surface area contributed by atoms with E-state index in [1.54, 1.807) is 6.92 Å². The van der Waals surface area contributed by atoms with Crippen LogP contribution >= 0.6 is 11.8 Å². The van der Waals surface area contributed by atoms with E-state index >= 15 is 0 Å². The number of nitrogens with zero attached hydrogens (tertiary/aromatic N) is 1. The molecule has 1 atom stereocenters. The first-order valence-corrected chi connectivity index (χ1v) is 7.02. The number of anilines is 1. The molecule has 0 bridgehead atoms. The lowest BCUT2D eigenvalue weighted by Crippen LogP contribution is -2.23. The topological polar surface area (TPSA) is 74.8 Å². The molecule has 0 spiro atoms. The van der Waals surface area contributed by atoms with Gasteiger partial charge in [-0.25, -0.2) is 4.98 Å². The van der Waals surface area contributed by atoms with Gasteiger partial charge in [0.1, 0.15) is 0 Å². The van der Waals surface area contributed by atoms with E-state index in [1.165, 1.54) is 24.0 Å². The Kier molecular flexibility index (Phi) is 4.57. The third-order valence-electron chi connectivity index (χ3n) is 2.62. The Morgan fingerprint density at radius 2 is 2.00 bits per heavy atom. The number of hydrogen-bond acceptors (Lipinski definition) is 4. The number of carbonyl (C=O) groups is 1. The molecule has 0 radical (unpaired) electrons. The van der Waals surface area contributed by atoms with Gasteiger partial charge in [0.25, 0.3) is 5.56 Å². The van der Waals surface area contributed by atoms with Crippen LogP contribution in [0.3, 0.4) is 0 Å². The first-order chi connectivity index (χ1) is 9.54. The molecular weight excluding hydrogens is 274 g/mol. The summed E-state index contributed by atoms with van der Waals surface area (Å²) < 4.78 is 0. The standard InChI is InChI=1S/C14H15N3O2S/c1-9-3-5-11(6-4-9)16-13(19)10(2)20-14-15-8-7-12(18)17-14/h3-8,10H,1-2H3,(H,16,19)(H,15,17,18). The Bertz CT molecular complexity index is 652. The maximum Gasteiger partial charge on any atom is 0.251 e. The van der Waals surface area contributed by atoms with Crippen molar-refractivity contribution in [2.75, 3.05) is 5.32 Å². The van der Waals surface area contributed by atoms with Crippen LogP contribution in [0.15, 0.2) is 46.5 Å². The fourth-order valence-corrected chi connectivity index (χ4v) is 2.30. The molecule has 1 unspecified atom stereocenters. The molecule has 2 aromatic rings. The van der Waals surface area contributed by atoms with Crippen molar-refractivity contribution in [3.05, 3.63) is 52.4 Å². The SMILES string of the molecule is Cc1ccc(NC(=O)C(C)Sc2nccc(=O)[nH]2)cc1. The zero-order valence-corrected chi connectivity index (χ0v) is 12.0. The van der Waals surface area contributed by atoms with Crippen molar-refractivity contribution in [3.63, 3.8) is 0 Å². The molecule has 2 N–H and O–H groups in total. The summed E-state index contributed by atoms with van der Waals surface area (Å²) in [4.78, 5) is 29.8. The van der Waals surface area contributed by atoms with E-state index in [0.717, 1.165) is 11.3 Å². The fraction of sp³-hybridized carbons (Fsp3) is 0.214. The van der Waals surface area contributed by atoms with Gasteiger partial charge in [-0.2, -0.15) is 0 Å². The van der Waals surface area contributed by atoms with Crippen LogP contribution in [-0.4, -0.2) is 21.1 Å². The quantitative estimate of drug-likeness (QED) is 0.668. The molecule has 1 heterocycles. The van der Waals surface area contributed by atoms with Crippen LogP contribution in [0.25, 0.3) is 0 Å². The highest BCUT2D eigenvalue weighted by Gasteiger charge is 2.15. The second-order valence-electron chi connectivity index (χ2n) is 4.35. The smallest absolute Gasteiger partial charge is 0.251 e. The average molecular weight is 289 g/mol. The zero-order valence-electron chi connectivity index (χ0n) is 11.2. The maximum atomic E-state index is 12.0. The molecule has 0 saturated carbocycles. The predicted molar refractivity (Wildman–Crippen MR) is 80.0 cm³/mol. The minimum atomic E-state index is -0.359. The van der Waals surface area contributed by atoms with Crippen molar-refractivity contribution in [1.29, 1.82) is 0 Å². The number of thioether (sulfide) groups is 1. The van der Waals surface area contributed by atoms with Gasteiger partial charge in [-0.05, 0) is 26.0 Å². The van der Waals surface area contributed by atoms with Crippen molar-refractivity contribution in [3.8, 4) is 0 Å². The number of hydrogen-bond donors (Lipinski definition) is 2. The van der Waals surface area contributed by atoms with Gasteiger partial charge < -0.3 is 10.3 Å². The van der Waals surface area contributed by atoms with Crippen molar-refractivity contribution in [2.45, 2.75) is 24.3 Å². The number of aryl methyl sites for hydroxylation is 1. The molecule has 0 aliphatic rings. The van der Waals surface area contributed by atoms with E-state index in [9.17, 15) is 9.59 Å². The lowest BCUT2D eigenvalue weighted by molar-refractivity contribution is -0.115. The van der Waals surface area contributed by atoms with E-state index < -0.39 is 0 Å². The van der Waals surface area contributed by atoms with E-state index in [1.807, 2.05) is 31.2 Å². The molecule has 20 heavy (non-hydrogen) atoms. The number of rotatable bonds is 4. The molecule has 0 fully saturated rings. The molecule has 0 saturated heterocycles. The molecule has 1 amide bonds. The van der Waals surface area contributed by atoms with Gasteiger partial charge in [0.05, 0.1) is 5.25 Å². The minimum absolute atomic E-state index is 0.134. The largest absolute Gasteiger partial charge is 0.325 e. The van der Waals surface area contributed by atoms with E-state index in [0.29, 0.717) is 5.16 Å². The summed E-state index contributed by atoms with van der Waals surface area (Å²) in [6, 6.07) is 8.91. The van der Waals surface area contributed by atoms with Gasteiger partial charge in [-0.1, -0.05) is 29.5 Å². The lowest BCUT2D eigenvalue weighted by atomic mass is 10.2. The summed E-state index contributed by atoms with van der Waals surface area (Å²) in [7, 11) is 0. The van der Waals surface area contributed by atoms with Crippen molar-refractivity contribution in [1.82, 2.24) is 9.97 Å². The van der Waals surface area contributed by atoms with Crippen LogP contribution in [0.1, 0.15) is 12.5 Å². The molecule has 1 aromatic carbocycles. The summed E-state index contributed by atoms with van der Waals surface area (Å²) in [5.74, 6) is -0.134. The van der Waals surface area contributed by atoms with Crippen LogP contribution in [0, 0.1) is 6.92 Å². The van der Waals surface area contributed by atoms with Crippen LogP contribution in [-0.2, 0) is 4.79 Å². The van der Waals surface area contributed by atoms with Crippen LogP contribution < -0.4 is 10.9 Å². The third-order valence-corrected chi connectivity index (χ3v) is 3.62. The zero-order chi connectivity index (χ0) is 14.5. The molecule has 6 heteroatoms. The van der Waals surface area contributed by atoms with Gasteiger partial charge in [-0.3, -0.25) is 9.59 Å². The molecule has 5 nitrogen and oxygen atoms in total. The second kappa shape index (κ2) is 6.38. The highest BCUT2D eigenvalue weighted by Crippen LogP contribution is 2.19. The Hall–Kier alpha value is -2.08.